The van der Waals surface area contributed by atoms with Crippen molar-refractivity contribution in [2.24, 2.45) is 4.99 Å². The van der Waals surface area contributed by atoms with Gasteiger partial charge in [-0.1, -0.05) is 12.7 Å². The topological polar surface area (TPSA) is 38.7 Å². The third kappa shape index (κ3) is 4.16. The summed E-state index contributed by atoms with van der Waals surface area (Å²) in [5, 5.41) is 0. The fraction of sp³-hybridized carbons (Fsp3) is 0.231. The van der Waals surface area contributed by atoms with Gasteiger partial charge in [-0.3, -0.25) is 9.79 Å². The highest BCUT2D eigenvalue weighted by molar-refractivity contribution is 9.10. The van der Waals surface area contributed by atoms with Crippen LogP contribution in [0.4, 0.5) is 10.1 Å². The van der Waals surface area contributed by atoms with Gasteiger partial charge in [0.05, 0.1) is 15.7 Å². The molecule has 0 heterocycles. The minimum absolute atomic E-state index is 0.0278. The summed E-state index contributed by atoms with van der Waals surface area (Å²) in [6.45, 7) is 5.28. The summed E-state index contributed by atoms with van der Waals surface area (Å²) < 4.78 is 18.0. The lowest BCUT2D eigenvalue weighted by molar-refractivity contribution is 0.111. The number of benzene rings is 1. The second-order valence-corrected chi connectivity index (χ2v) is 3.99. The summed E-state index contributed by atoms with van der Waals surface area (Å²) in [7, 11) is 3.25. The number of carbonyl (C=O) groups is 1. The average molecular weight is 316 g/mol. The first-order chi connectivity index (χ1) is 8.56. The molecule has 18 heavy (non-hydrogen) atoms. The third-order valence-corrected chi connectivity index (χ3v) is 2.44. The van der Waals surface area contributed by atoms with Crippen LogP contribution < -0.4 is 0 Å². The van der Waals surface area contributed by atoms with E-state index in [1.54, 1.807) is 27.4 Å². The third-order valence-electron chi connectivity index (χ3n) is 1.87. The van der Waals surface area contributed by atoms with E-state index in [4.69, 9.17) is 0 Å². The number of halogens is 2. The number of carbonyl (C=O) groups excluding carboxylic acids is 1. The molecule has 0 atom stereocenters. The highest BCUT2D eigenvalue weighted by Crippen LogP contribution is 2.31. The first kappa shape index (κ1) is 16.7. The normalized spacial score (nSPS) is 9.83. The van der Waals surface area contributed by atoms with Crippen LogP contribution in [0.3, 0.4) is 0 Å². The molecule has 0 unspecified atom stereocenters. The van der Waals surface area contributed by atoms with E-state index >= 15 is 0 Å². The molecule has 1 aromatic rings. The lowest BCUT2D eigenvalue weighted by Crippen LogP contribution is -1.94. The molecule has 0 aliphatic carbocycles. The number of aldehydes is 1. The van der Waals surface area contributed by atoms with Gasteiger partial charge in [0, 0.05) is 26.0 Å². The standard InChI is InChI=1S/C11H9BrFNO.C2H6O/c1-3-7-8(6-15)11(13)9(12)5-10(7)14-4-2;1-3-2/h3-6H,1H2,2H3;1-2H3. The van der Waals surface area contributed by atoms with E-state index in [2.05, 4.69) is 32.2 Å². The zero-order valence-electron chi connectivity index (χ0n) is 10.5. The molecule has 0 N–H and O–H groups in total. The molecule has 0 amide bonds. The average Bonchev–Trinajstić information content (AvgIpc) is 2.34. The molecule has 98 valence electrons. The van der Waals surface area contributed by atoms with Crippen molar-refractivity contribution in [3.63, 3.8) is 0 Å². The molecule has 0 saturated heterocycles. The Bertz CT molecular complexity index is 459. The van der Waals surface area contributed by atoms with Crippen molar-refractivity contribution in [2.75, 3.05) is 14.2 Å². The van der Waals surface area contributed by atoms with Gasteiger partial charge in [-0.05, 0) is 28.9 Å². The highest BCUT2D eigenvalue weighted by atomic mass is 79.9. The summed E-state index contributed by atoms with van der Waals surface area (Å²) in [5.41, 5.74) is 0.895. The molecule has 0 saturated carbocycles. The Morgan fingerprint density at radius 1 is 1.44 bits per heavy atom. The van der Waals surface area contributed by atoms with Crippen molar-refractivity contribution >= 4 is 40.2 Å². The van der Waals surface area contributed by atoms with E-state index in [-0.39, 0.29) is 10.0 Å². The number of aliphatic imine (C=N–C) groups is 1. The molecule has 1 rings (SSSR count). The summed E-state index contributed by atoms with van der Waals surface area (Å²) in [5.74, 6) is -0.588. The van der Waals surface area contributed by atoms with Crippen LogP contribution in [0.15, 0.2) is 22.1 Å². The minimum Gasteiger partial charge on any atom is -0.388 e. The van der Waals surface area contributed by atoms with Crippen LogP contribution in [0, 0.1) is 5.82 Å². The van der Waals surface area contributed by atoms with Crippen LogP contribution in [0.2, 0.25) is 0 Å². The van der Waals surface area contributed by atoms with Crippen LogP contribution in [0.25, 0.3) is 6.08 Å². The predicted octanol–water partition coefficient (Wildman–Crippen LogP) is 4.03. The molecule has 0 bridgehead atoms. The van der Waals surface area contributed by atoms with E-state index in [1.165, 1.54) is 12.1 Å². The highest BCUT2D eigenvalue weighted by Gasteiger charge is 2.13. The summed E-state index contributed by atoms with van der Waals surface area (Å²) in [4.78, 5) is 14.8. The Hall–Kier alpha value is -1.33. The SMILES string of the molecule is C=Cc1c(N=CC)cc(Br)c(F)c1C=O.COC. The Labute approximate surface area is 115 Å². The van der Waals surface area contributed by atoms with Crippen molar-refractivity contribution in [3.8, 4) is 0 Å². The van der Waals surface area contributed by atoms with E-state index in [0.29, 0.717) is 17.5 Å². The van der Waals surface area contributed by atoms with Gasteiger partial charge in [0.1, 0.15) is 5.82 Å². The number of ether oxygens (including phenoxy) is 1. The van der Waals surface area contributed by atoms with E-state index < -0.39 is 5.82 Å². The van der Waals surface area contributed by atoms with Gasteiger partial charge in [-0.2, -0.15) is 0 Å². The lowest BCUT2D eigenvalue weighted by atomic mass is 10.1. The Kier molecular flexibility index (Phi) is 8.07. The van der Waals surface area contributed by atoms with Gasteiger partial charge in [0.15, 0.2) is 6.29 Å². The van der Waals surface area contributed by atoms with Crippen LogP contribution in [-0.4, -0.2) is 26.7 Å². The number of methoxy groups -OCH3 is 1. The Balaban J connectivity index is 0.000000873. The quantitative estimate of drug-likeness (QED) is 0.624. The summed E-state index contributed by atoms with van der Waals surface area (Å²) in [6, 6.07) is 1.51. The minimum atomic E-state index is -0.588. The number of hydrogen-bond donors (Lipinski definition) is 0. The van der Waals surface area contributed by atoms with E-state index in [9.17, 15) is 9.18 Å². The Morgan fingerprint density at radius 3 is 2.39 bits per heavy atom. The summed E-state index contributed by atoms with van der Waals surface area (Å²) in [6.07, 6.45) is 3.45. The fourth-order valence-electron chi connectivity index (χ4n) is 1.22. The van der Waals surface area contributed by atoms with Gasteiger partial charge in [-0.15, -0.1) is 0 Å². The molecule has 3 nitrogen and oxygen atoms in total. The molecular weight excluding hydrogens is 301 g/mol. The smallest absolute Gasteiger partial charge is 0.153 e. The van der Waals surface area contributed by atoms with Gasteiger partial charge in [-0.25, -0.2) is 4.39 Å². The largest absolute Gasteiger partial charge is 0.388 e. The number of nitrogens with zero attached hydrogens (tertiary/aromatic N) is 1. The van der Waals surface area contributed by atoms with Crippen LogP contribution >= 0.6 is 15.9 Å². The lowest BCUT2D eigenvalue weighted by Gasteiger charge is -2.06. The molecule has 0 fully saturated rings. The molecule has 5 heteroatoms. The second-order valence-electron chi connectivity index (χ2n) is 3.14. The molecule has 0 radical (unpaired) electrons. The predicted molar refractivity (Wildman–Crippen MR) is 76.3 cm³/mol. The van der Waals surface area contributed by atoms with Gasteiger partial charge in [0.2, 0.25) is 0 Å². The first-order valence-electron chi connectivity index (χ1n) is 5.05. The number of hydrogen-bond acceptors (Lipinski definition) is 3. The molecule has 0 aromatic heterocycles. The maximum absolute atomic E-state index is 13.5. The number of rotatable bonds is 3. The monoisotopic (exact) mass is 315 g/mol. The van der Waals surface area contributed by atoms with Crippen molar-refractivity contribution in [1.29, 1.82) is 0 Å². The van der Waals surface area contributed by atoms with Crippen LogP contribution in [0.5, 0.6) is 0 Å². The van der Waals surface area contributed by atoms with Crippen molar-refractivity contribution < 1.29 is 13.9 Å². The van der Waals surface area contributed by atoms with Gasteiger partial charge in [0.25, 0.3) is 0 Å². The van der Waals surface area contributed by atoms with Crippen LogP contribution in [-0.2, 0) is 4.74 Å². The zero-order valence-corrected chi connectivity index (χ0v) is 12.1. The zero-order chi connectivity index (χ0) is 14.1. The molecular formula is C13H15BrFNO2. The Morgan fingerprint density at radius 2 is 2.00 bits per heavy atom. The van der Waals surface area contributed by atoms with Gasteiger partial charge < -0.3 is 4.74 Å². The molecule has 0 aliphatic rings. The second kappa shape index (κ2) is 8.72. The van der Waals surface area contributed by atoms with E-state index in [0.717, 1.165) is 0 Å². The van der Waals surface area contributed by atoms with Gasteiger partial charge >= 0.3 is 0 Å². The molecule has 0 spiro atoms. The maximum Gasteiger partial charge on any atom is 0.153 e. The summed E-state index contributed by atoms with van der Waals surface area (Å²) >= 11 is 3.03. The molecule has 0 aliphatic heterocycles. The van der Waals surface area contributed by atoms with Crippen molar-refractivity contribution in [3.05, 3.63) is 34.1 Å². The first-order valence-corrected chi connectivity index (χ1v) is 5.85. The fourth-order valence-corrected chi connectivity index (χ4v) is 1.65. The van der Waals surface area contributed by atoms with E-state index in [1.807, 2.05) is 0 Å². The van der Waals surface area contributed by atoms with Crippen molar-refractivity contribution in [2.45, 2.75) is 6.92 Å². The van der Waals surface area contributed by atoms with Crippen molar-refractivity contribution in [1.82, 2.24) is 0 Å². The molecule has 1 aromatic carbocycles. The maximum atomic E-state index is 13.5. The van der Waals surface area contributed by atoms with Crippen LogP contribution in [0.1, 0.15) is 22.8 Å².